The second kappa shape index (κ2) is 11.8. The number of rotatable bonds is 10. The monoisotopic (exact) mass is 545 g/mol. The highest BCUT2D eigenvalue weighted by molar-refractivity contribution is 9.10. The van der Waals surface area contributed by atoms with Gasteiger partial charge in [-0.3, -0.25) is 4.79 Å². The zero-order valence-electron chi connectivity index (χ0n) is 18.4. The first-order valence-corrected chi connectivity index (χ1v) is 12.6. The molecule has 3 aromatic carbocycles. The number of phenols is 1. The summed E-state index contributed by atoms with van der Waals surface area (Å²) in [5.74, 6) is -0.438. The number of sulfonamides is 1. The van der Waals surface area contributed by atoms with E-state index in [1.54, 1.807) is 61.5 Å². The summed E-state index contributed by atoms with van der Waals surface area (Å²) < 4.78 is 33.7. The number of hydrazone groups is 1. The first-order valence-electron chi connectivity index (χ1n) is 10.4. The van der Waals surface area contributed by atoms with Gasteiger partial charge in [-0.15, -0.1) is 0 Å². The molecule has 0 spiro atoms. The van der Waals surface area contributed by atoms with Crippen LogP contribution in [0, 0.1) is 0 Å². The molecule has 0 bridgehead atoms. The van der Waals surface area contributed by atoms with Crippen LogP contribution in [0.5, 0.6) is 11.5 Å². The standard InChI is InChI=1S/C24H24BrN3O5S/c1-2-33-22-10-6-9-19(24(22)30)15-26-27-23(29)17-28(16-18-7-4-3-5-8-18)34(31,32)21-13-11-20(25)12-14-21/h3-15,30H,2,16-17H2,1H3,(H,27,29)/b26-15-. The summed E-state index contributed by atoms with van der Waals surface area (Å²) in [5.41, 5.74) is 3.40. The first kappa shape index (κ1) is 25.4. The largest absolute Gasteiger partial charge is 0.504 e. The quantitative estimate of drug-likeness (QED) is 0.296. The zero-order chi connectivity index (χ0) is 24.6. The van der Waals surface area contributed by atoms with E-state index in [1.807, 2.05) is 6.07 Å². The lowest BCUT2D eigenvalue weighted by Crippen LogP contribution is -2.39. The highest BCUT2D eigenvalue weighted by Gasteiger charge is 2.27. The molecule has 3 rings (SSSR count). The average molecular weight is 546 g/mol. The molecule has 2 N–H and O–H groups in total. The topological polar surface area (TPSA) is 108 Å². The van der Waals surface area contributed by atoms with Crippen molar-refractivity contribution < 1.29 is 23.1 Å². The lowest BCUT2D eigenvalue weighted by Gasteiger charge is -2.21. The minimum atomic E-state index is -3.96. The van der Waals surface area contributed by atoms with Crippen molar-refractivity contribution in [1.29, 1.82) is 0 Å². The van der Waals surface area contributed by atoms with Crippen molar-refractivity contribution in [2.75, 3.05) is 13.2 Å². The Balaban J connectivity index is 1.77. The van der Waals surface area contributed by atoms with E-state index in [-0.39, 0.29) is 17.2 Å². The number of nitrogens with zero attached hydrogens (tertiary/aromatic N) is 2. The molecular weight excluding hydrogens is 522 g/mol. The Bertz CT molecular complexity index is 1250. The Morgan fingerprint density at radius 1 is 1.09 bits per heavy atom. The molecule has 8 nitrogen and oxygen atoms in total. The van der Waals surface area contributed by atoms with Gasteiger partial charge in [0, 0.05) is 16.6 Å². The third-order valence-electron chi connectivity index (χ3n) is 4.70. The number of aromatic hydroxyl groups is 1. The SMILES string of the molecule is CCOc1cccc(/C=N\NC(=O)CN(Cc2ccccc2)S(=O)(=O)c2ccc(Br)cc2)c1O. The molecule has 0 aliphatic heterocycles. The summed E-state index contributed by atoms with van der Waals surface area (Å²) in [6.45, 7) is 1.74. The molecule has 0 saturated heterocycles. The van der Waals surface area contributed by atoms with Crippen molar-refractivity contribution >= 4 is 38.1 Å². The Labute approximate surface area is 207 Å². The number of ether oxygens (including phenoxy) is 1. The fourth-order valence-electron chi connectivity index (χ4n) is 3.05. The summed E-state index contributed by atoms with van der Waals surface area (Å²) in [4.78, 5) is 12.7. The van der Waals surface area contributed by atoms with Crippen LogP contribution in [0.25, 0.3) is 0 Å². The number of hydrogen-bond acceptors (Lipinski definition) is 6. The molecule has 1 amide bonds. The summed E-state index contributed by atoms with van der Waals surface area (Å²) in [7, 11) is -3.96. The van der Waals surface area contributed by atoms with Gasteiger partial charge in [-0.05, 0) is 48.9 Å². The number of para-hydroxylation sites is 1. The number of amides is 1. The van der Waals surface area contributed by atoms with Gasteiger partial charge in [0.25, 0.3) is 5.91 Å². The van der Waals surface area contributed by atoms with Crippen LogP contribution in [0.15, 0.2) is 87.3 Å². The molecule has 10 heteroatoms. The number of carbonyl (C=O) groups is 1. The van der Waals surface area contributed by atoms with Gasteiger partial charge in [0.2, 0.25) is 10.0 Å². The van der Waals surface area contributed by atoms with Crippen molar-refractivity contribution in [3.05, 3.63) is 88.4 Å². The van der Waals surface area contributed by atoms with Crippen LogP contribution >= 0.6 is 15.9 Å². The molecule has 0 aliphatic rings. The van der Waals surface area contributed by atoms with E-state index in [2.05, 4.69) is 26.5 Å². The fourth-order valence-corrected chi connectivity index (χ4v) is 4.70. The van der Waals surface area contributed by atoms with E-state index >= 15 is 0 Å². The van der Waals surface area contributed by atoms with E-state index in [9.17, 15) is 18.3 Å². The highest BCUT2D eigenvalue weighted by atomic mass is 79.9. The molecule has 0 aliphatic carbocycles. The van der Waals surface area contributed by atoms with Crippen molar-refractivity contribution in [3.63, 3.8) is 0 Å². The smallest absolute Gasteiger partial charge is 0.255 e. The Morgan fingerprint density at radius 3 is 2.47 bits per heavy atom. The van der Waals surface area contributed by atoms with Gasteiger partial charge < -0.3 is 9.84 Å². The van der Waals surface area contributed by atoms with E-state index in [0.717, 1.165) is 14.3 Å². The second-order valence-corrected chi connectivity index (χ2v) is 9.99. The molecule has 178 valence electrons. The van der Waals surface area contributed by atoms with Gasteiger partial charge in [-0.2, -0.15) is 9.41 Å². The van der Waals surface area contributed by atoms with Crippen LogP contribution in [0.4, 0.5) is 0 Å². The van der Waals surface area contributed by atoms with E-state index in [0.29, 0.717) is 17.9 Å². The molecule has 0 saturated carbocycles. The first-order chi connectivity index (χ1) is 16.3. The molecule has 34 heavy (non-hydrogen) atoms. The molecule has 0 aromatic heterocycles. The third kappa shape index (κ3) is 6.66. The van der Waals surface area contributed by atoms with Crippen LogP contribution in [0.3, 0.4) is 0 Å². The minimum Gasteiger partial charge on any atom is -0.504 e. The number of halogens is 1. The predicted octanol–water partition coefficient (Wildman–Crippen LogP) is 3.89. The van der Waals surface area contributed by atoms with Crippen molar-refractivity contribution in [2.45, 2.75) is 18.4 Å². The normalized spacial score (nSPS) is 11.6. The Hall–Kier alpha value is -3.21. The predicted molar refractivity (Wildman–Crippen MR) is 133 cm³/mol. The molecule has 3 aromatic rings. The molecule has 0 fully saturated rings. The number of carbonyl (C=O) groups excluding carboxylic acids is 1. The summed E-state index contributed by atoms with van der Waals surface area (Å²) in [5, 5.41) is 14.1. The second-order valence-electron chi connectivity index (χ2n) is 7.13. The lowest BCUT2D eigenvalue weighted by atomic mass is 10.2. The number of benzene rings is 3. The van der Waals surface area contributed by atoms with Crippen LogP contribution in [-0.4, -0.2) is 43.1 Å². The molecule has 0 heterocycles. The van der Waals surface area contributed by atoms with Crippen LogP contribution < -0.4 is 10.2 Å². The molecular formula is C24H24BrN3O5S. The third-order valence-corrected chi connectivity index (χ3v) is 7.03. The van der Waals surface area contributed by atoms with E-state index in [4.69, 9.17) is 4.74 Å². The van der Waals surface area contributed by atoms with Gasteiger partial charge in [0.1, 0.15) is 0 Å². The zero-order valence-corrected chi connectivity index (χ0v) is 20.8. The van der Waals surface area contributed by atoms with Gasteiger partial charge in [0.05, 0.1) is 24.3 Å². The van der Waals surface area contributed by atoms with Crippen LogP contribution in [0.1, 0.15) is 18.1 Å². The minimum absolute atomic E-state index is 0.00750. The lowest BCUT2D eigenvalue weighted by molar-refractivity contribution is -0.121. The fraction of sp³-hybridized carbons (Fsp3) is 0.167. The Morgan fingerprint density at radius 2 is 1.79 bits per heavy atom. The summed E-state index contributed by atoms with van der Waals surface area (Å²) >= 11 is 3.30. The van der Waals surface area contributed by atoms with Crippen molar-refractivity contribution in [1.82, 2.24) is 9.73 Å². The maximum Gasteiger partial charge on any atom is 0.255 e. The van der Waals surface area contributed by atoms with Gasteiger partial charge in [-0.25, -0.2) is 13.8 Å². The molecule has 0 radical (unpaired) electrons. The van der Waals surface area contributed by atoms with Gasteiger partial charge >= 0.3 is 0 Å². The maximum absolute atomic E-state index is 13.3. The van der Waals surface area contributed by atoms with E-state index < -0.39 is 22.5 Å². The van der Waals surface area contributed by atoms with Gasteiger partial charge in [0.15, 0.2) is 11.5 Å². The maximum atomic E-state index is 13.3. The van der Waals surface area contributed by atoms with Crippen LogP contribution in [0.2, 0.25) is 0 Å². The number of nitrogens with one attached hydrogen (secondary N) is 1. The molecule has 0 atom stereocenters. The van der Waals surface area contributed by atoms with Gasteiger partial charge in [-0.1, -0.05) is 52.3 Å². The van der Waals surface area contributed by atoms with Crippen molar-refractivity contribution in [2.24, 2.45) is 5.10 Å². The van der Waals surface area contributed by atoms with E-state index in [1.165, 1.54) is 18.3 Å². The summed E-state index contributed by atoms with van der Waals surface area (Å²) in [6.07, 6.45) is 1.26. The number of hydrogen-bond donors (Lipinski definition) is 2. The van der Waals surface area contributed by atoms with Crippen molar-refractivity contribution in [3.8, 4) is 11.5 Å². The summed E-state index contributed by atoms with van der Waals surface area (Å²) in [6, 6.07) is 20.1. The Kier molecular flexibility index (Phi) is 8.80. The number of phenolic OH excluding ortho intramolecular Hbond substituents is 1. The highest BCUT2D eigenvalue weighted by Crippen LogP contribution is 2.28. The van der Waals surface area contributed by atoms with Crippen LogP contribution in [-0.2, 0) is 21.4 Å². The average Bonchev–Trinajstić information content (AvgIpc) is 2.82. The molecule has 0 unspecified atom stereocenters.